The number of rotatable bonds is 3. The van der Waals surface area contributed by atoms with Gasteiger partial charge in [0.05, 0.1) is 18.8 Å². The minimum Gasteiger partial charge on any atom is -0.379 e. The summed E-state index contributed by atoms with van der Waals surface area (Å²) >= 11 is 0. The molecule has 0 aliphatic carbocycles. The van der Waals surface area contributed by atoms with Gasteiger partial charge in [-0.05, 0) is 18.1 Å². The highest BCUT2D eigenvalue weighted by atomic mass is 16.5. The molecule has 0 spiro atoms. The predicted octanol–water partition coefficient (Wildman–Crippen LogP) is 0.912. The van der Waals surface area contributed by atoms with E-state index < -0.39 is 0 Å². The second-order valence-corrected chi connectivity index (χ2v) is 6.61. The summed E-state index contributed by atoms with van der Waals surface area (Å²) in [5.41, 5.74) is 1.45. The number of hydrogen-bond donors (Lipinski definition) is 0. The summed E-state index contributed by atoms with van der Waals surface area (Å²) in [5, 5.41) is 7.85. The summed E-state index contributed by atoms with van der Waals surface area (Å²) in [5.74, 6) is 0.630. The zero-order valence-electron chi connectivity index (χ0n) is 14.0. The highest BCUT2D eigenvalue weighted by Gasteiger charge is 2.38. The molecule has 7 heteroatoms. The number of amides is 1. The molecule has 128 valence electrons. The van der Waals surface area contributed by atoms with E-state index in [0.29, 0.717) is 17.5 Å². The van der Waals surface area contributed by atoms with Crippen LogP contribution in [-0.4, -0.2) is 75.7 Å². The lowest BCUT2D eigenvalue weighted by atomic mass is 9.99. The normalized spacial score (nSPS) is 25.5. The Morgan fingerprint density at radius 2 is 2.12 bits per heavy atom. The molecule has 2 saturated heterocycles. The minimum absolute atomic E-state index is 0.0970. The van der Waals surface area contributed by atoms with Crippen LogP contribution in [0.3, 0.4) is 0 Å². The van der Waals surface area contributed by atoms with Crippen LogP contribution in [0.5, 0.6) is 0 Å². The van der Waals surface area contributed by atoms with Crippen molar-refractivity contribution in [3.63, 3.8) is 0 Å². The number of pyridine rings is 1. The fourth-order valence-electron chi connectivity index (χ4n) is 3.88. The maximum Gasteiger partial charge on any atom is 0.255 e. The fraction of sp³-hybridized carbons (Fsp3) is 0.588. The molecule has 0 unspecified atom stereocenters. The van der Waals surface area contributed by atoms with Crippen LogP contribution in [0.1, 0.15) is 23.7 Å². The summed E-state index contributed by atoms with van der Waals surface area (Å²) in [6.45, 7) is 7.38. The zero-order valence-corrected chi connectivity index (χ0v) is 14.0. The molecule has 24 heavy (non-hydrogen) atoms. The summed E-state index contributed by atoms with van der Waals surface area (Å²) < 4.78 is 7.26. The molecule has 4 rings (SSSR count). The average Bonchev–Trinajstić information content (AvgIpc) is 3.27. The molecule has 0 aromatic carbocycles. The van der Waals surface area contributed by atoms with Crippen molar-refractivity contribution in [2.75, 3.05) is 39.4 Å². The standard InChI is InChI=1S/C17H23N5O2/c1-2-13-9-21(11-15(13)20-5-7-24-8-6-20)17(23)14-3-4-16-19-18-12-22(16)10-14/h3-4,10,12-13,15H,2,5-9,11H2,1H3/t13-,15-/m0/s1. The quantitative estimate of drug-likeness (QED) is 0.838. The SMILES string of the molecule is CC[C@H]1CN(C(=O)c2ccc3nncn3c2)C[C@@H]1N1CCOCC1. The van der Waals surface area contributed by atoms with Crippen molar-refractivity contribution in [1.29, 1.82) is 0 Å². The van der Waals surface area contributed by atoms with Crippen LogP contribution in [0.4, 0.5) is 0 Å². The lowest BCUT2D eigenvalue weighted by molar-refractivity contribution is 0.0103. The summed E-state index contributed by atoms with van der Waals surface area (Å²) in [6, 6.07) is 4.13. The van der Waals surface area contributed by atoms with E-state index in [1.165, 1.54) is 0 Å². The predicted molar refractivity (Wildman–Crippen MR) is 88.9 cm³/mol. The van der Waals surface area contributed by atoms with Gasteiger partial charge in [-0.25, -0.2) is 0 Å². The van der Waals surface area contributed by atoms with Crippen LogP contribution in [0.25, 0.3) is 5.65 Å². The van der Waals surface area contributed by atoms with E-state index in [9.17, 15) is 4.79 Å². The first-order valence-corrected chi connectivity index (χ1v) is 8.66. The van der Waals surface area contributed by atoms with Gasteiger partial charge in [-0.1, -0.05) is 13.3 Å². The van der Waals surface area contributed by atoms with Crippen molar-refractivity contribution < 1.29 is 9.53 Å². The molecule has 4 heterocycles. The Morgan fingerprint density at radius 3 is 2.92 bits per heavy atom. The van der Waals surface area contributed by atoms with Crippen LogP contribution in [0.15, 0.2) is 24.7 Å². The second-order valence-electron chi connectivity index (χ2n) is 6.61. The summed E-state index contributed by atoms with van der Waals surface area (Å²) in [6.07, 6.45) is 4.54. The number of carbonyl (C=O) groups is 1. The first-order valence-electron chi connectivity index (χ1n) is 8.66. The topological polar surface area (TPSA) is 63.0 Å². The van der Waals surface area contributed by atoms with Gasteiger partial charge < -0.3 is 9.64 Å². The fourth-order valence-corrected chi connectivity index (χ4v) is 3.88. The van der Waals surface area contributed by atoms with Crippen molar-refractivity contribution in [3.05, 3.63) is 30.2 Å². The molecule has 0 radical (unpaired) electrons. The molecule has 2 atom stereocenters. The lowest BCUT2D eigenvalue weighted by Gasteiger charge is -2.34. The second kappa shape index (κ2) is 6.49. The monoisotopic (exact) mass is 329 g/mol. The molecular formula is C17H23N5O2. The Bertz CT molecular complexity index is 725. The van der Waals surface area contributed by atoms with Crippen LogP contribution >= 0.6 is 0 Å². The van der Waals surface area contributed by atoms with Crippen molar-refractivity contribution in [2.45, 2.75) is 19.4 Å². The number of fused-ring (bicyclic) bond motifs is 1. The number of ether oxygens (including phenoxy) is 1. The third-order valence-electron chi connectivity index (χ3n) is 5.27. The molecule has 2 aromatic rings. The van der Waals surface area contributed by atoms with E-state index in [-0.39, 0.29) is 5.91 Å². The Labute approximate surface area is 141 Å². The Hall–Kier alpha value is -1.99. The van der Waals surface area contributed by atoms with Gasteiger partial charge in [-0.2, -0.15) is 0 Å². The molecular weight excluding hydrogens is 306 g/mol. The van der Waals surface area contributed by atoms with Gasteiger partial charge in [0.1, 0.15) is 6.33 Å². The van der Waals surface area contributed by atoms with Gasteiger partial charge in [-0.15, -0.1) is 10.2 Å². The highest BCUT2D eigenvalue weighted by molar-refractivity contribution is 5.94. The highest BCUT2D eigenvalue weighted by Crippen LogP contribution is 2.26. The maximum atomic E-state index is 12.9. The largest absolute Gasteiger partial charge is 0.379 e. The molecule has 0 N–H and O–H groups in total. The molecule has 1 amide bonds. The number of morpholine rings is 1. The summed E-state index contributed by atoms with van der Waals surface area (Å²) in [7, 11) is 0. The molecule has 2 aliphatic heterocycles. The van der Waals surface area contributed by atoms with E-state index in [1.54, 1.807) is 10.7 Å². The van der Waals surface area contributed by atoms with Gasteiger partial charge in [0.2, 0.25) is 0 Å². The van der Waals surface area contributed by atoms with Gasteiger partial charge in [0.25, 0.3) is 5.91 Å². The number of aromatic nitrogens is 3. The van der Waals surface area contributed by atoms with Crippen LogP contribution in [0.2, 0.25) is 0 Å². The van der Waals surface area contributed by atoms with Crippen molar-refractivity contribution in [1.82, 2.24) is 24.4 Å². The smallest absolute Gasteiger partial charge is 0.255 e. The van der Waals surface area contributed by atoms with E-state index in [4.69, 9.17) is 4.74 Å². The number of carbonyl (C=O) groups excluding carboxylic acids is 1. The third-order valence-corrected chi connectivity index (χ3v) is 5.27. The van der Waals surface area contributed by atoms with Gasteiger partial charge in [0.15, 0.2) is 5.65 Å². The number of likely N-dealkylation sites (tertiary alicyclic amines) is 1. The van der Waals surface area contributed by atoms with Crippen molar-refractivity contribution >= 4 is 11.6 Å². The maximum absolute atomic E-state index is 12.9. The Kier molecular flexibility index (Phi) is 4.20. The van der Waals surface area contributed by atoms with E-state index in [2.05, 4.69) is 22.0 Å². The molecule has 0 bridgehead atoms. The Balaban J connectivity index is 1.51. The number of nitrogens with zero attached hydrogens (tertiary/aromatic N) is 5. The first-order chi connectivity index (χ1) is 11.8. The van der Waals surface area contributed by atoms with E-state index in [1.807, 2.05) is 23.2 Å². The molecule has 2 aromatic heterocycles. The number of hydrogen-bond acceptors (Lipinski definition) is 5. The summed E-state index contributed by atoms with van der Waals surface area (Å²) in [4.78, 5) is 17.4. The molecule has 7 nitrogen and oxygen atoms in total. The Morgan fingerprint density at radius 1 is 1.29 bits per heavy atom. The zero-order chi connectivity index (χ0) is 16.5. The van der Waals surface area contributed by atoms with Gasteiger partial charge in [-0.3, -0.25) is 14.1 Å². The van der Waals surface area contributed by atoms with Gasteiger partial charge in [0, 0.05) is 38.4 Å². The van der Waals surface area contributed by atoms with E-state index in [0.717, 1.165) is 51.5 Å². The van der Waals surface area contributed by atoms with Crippen LogP contribution < -0.4 is 0 Å². The van der Waals surface area contributed by atoms with Crippen molar-refractivity contribution in [3.8, 4) is 0 Å². The third kappa shape index (κ3) is 2.78. The average molecular weight is 329 g/mol. The first kappa shape index (κ1) is 15.5. The van der Waals surface area contributed by atoms with Crippen molar-refractivity contribution in [2.24, 2.45) is 5.92 Å². The van der Waals surface area contributed by atoms with Crippen LogP contribution in [0, 0.1) is 5.92 Å². The lowest BCUT2D eigenvalue weighted by Crippen LogP contribution is -2.47. The van der Waals surface area contributed by atoms with Gasteiger partial charge >= 0.3 is 0 Å². The molecule has 2 aliphatic rings. The molecule has 2 fully saturated rings. The molecule has 0 saturated carbocycles. The van der Waals surface area contributed by atoms with Crippen LogP contribution in [-0.2, 0) is 4.74 Å². The van der Waals surface area contributed by atoms with E-state index >= 15 is 0 Å². The minimum atomic E-state index is 0.0970.